The highest BCUT2D eigenvalue weighted by atomic mass is 16.6. The van der Waals surface area contributed by atoms with E-state index in [4.69, 9.17) is 14.2 Å². The van der Waals surface area contributed by atoms with Crippen molar-refractivity contribution in [2.75, 3.05) is 14.2 Å². The number of benzene rings is 2. The molecule has 5 nitrogen and oxygen atoms in total. The second-order valence-electron chi connectivity index (χ2n) is 4.56. The molecule has 0 saturated heterocycles. The van der Waals surface area contributed by atoms with Crippen LogP contribution in [0, 0.1) is 0 Å². The van der Waals surface area contributed by atoms with E-state index in [1.807, 2.05) is 12.1 Å². The van der Waals surface area contributed by atoms with Gasteiger partial charge in [-0.05, 0) is 42.0 Å². The second-order valence-corrected chi connectivity index (χ2v) is 4.56. The Morgan fingerprint density at radius 2 is 1.61 bits per heavy atom. The maximum atomic E-state index is 11.9. The molecule has 0 radical (unpaired) electrons. The zero-order valence-electron chi connectivity index (χ0n) is 12.8. The highest BCUT2D eigenvalue weighted by molar-refractivity contribution is 5.89. The Hall–Kier alpha value is -3.08. The second kappa shape index (κ2) is 7.79. The van der Waals surface area contributed by atoms with E-state index >= 15 is 0 Å². The van der Waals surface area contributed by atoms with Gasteiger partial charge in [-0.3, -0.25) is 4.79 Å². The van der Waals surface area contributed by atoms with Gasteiger partial charge in [-0.25, -0.2) is 4.79 Å². The van der Waals surface area contributed by atoms with E-state index < -0.39 is 5.97 Å². The van der Waals surface area contributed by atoms with Crippen molar-refractivity contribution in [2.24, 2.45) is 0 Å². The summed E-state index contributed by atoms with van der Waals surface area (Å²) in [5.41, 5.74) is 1.28. The minimum absolute atomic E-state index is 0.252. The van der Waals surface area contributed by atoms with Gasteiger partial charge >= 0.3 is 5.97 Å². The maximum absolute atomic E-state index is 11.9. The van der Waals surface area contributed by atoms with Gasteiger partial charge in [0.2, 0.25) is 0 Å². The topological polar surface area (TPSA) is 61.8 Å². The third-order valence-electron chi connectivity index (χ3n) is 3.06. The number of carbonyl (C=O) groups is 2. The van der Waals surface area contributed by atoms with Crippen LogP contribution in [0.25, 0.3) is 6.08 Å². The van der Waals surface area contributed by atoms with Crippen molar-refractivity contribution in [1.29, 1.82) is 0 Å². The number of hydrogen-bond acceptors (Lipinski definition) is 5. The lowest BCUT2D eigenvalue weighted by atomic mass is 10.2. The van der Waals surface area contributed by atoms with Crippen LogP contribution >= 0.6 is 0 Å². The molecule has 118 valence electrons. The number of carbonyl (C=O) groups excluding carboxylic acids is 2. The normalized spacial score (nSPS) is 10.3. The van der Waals surface area contributed by atoms with Crippen molar-refractivity contribution in [2.45, 2.75) is 0 Å². The van der Waals surface area contributed by atoms with Crippen molar-refractivity contribution < 1.29 is 23.8 Å². The van der Waals surface area contributed by atoms with Crippen LogP contribution < -0.4 is 14.2 Å². The zero-order valence-corrected chi connectivity index (χ0v) is 12.8. The molecular formula is C18H16O5. The molecule has 0 bridgehead atoms. The van der Waals surface area contributed by atoms with E-state index in [-0.39, 0.29) is 5.75 Å². The van der Waals surface area contributed by atoms with Gasteiger partial charge in [-0.15, -0.1) is 0 Å². The van der Waals surface area contributed by atoms with Crippen LogP contribution in [0.5, 0.6) is 17.2 Å². The first-order valence-electron chi connectivity index (χ1n) is 6.83. The summed E-state index contributed by atoms with van der Waals surface area (Å²) in [7, 11) is 3.03. The van der Waals surface area contributed by atoms with Crippen LogP contribution in [0.2, 0.25) is 0 Å². The van der Waals surface area contributed by atoms with Gasteiger partial charge in [0.15, 0.2) is 11.5 Å². The van der Waals surface area contributed by atoms with Gasteiger partial charge < -0.3 is 14.2 Å². The van der Waals surface area contributed by atoms with Gasteiger partial charge in [0, 0.05) is 11.6 Å². The number of methoxy groups -OCH3 is 2. The number of hydrogen-bond donors (Lipinski definition) is 0. The molecule has 0 amide bonds. The average Bonchev–Trinajstić information content (AvgIpc) is 2.60. The number of aldehydes is 1. The van der Waals surface area contributed by atoms with E-state index in [0.717, 1.165) is 11.3 Å². The standard InChI is InChI=1S/C18H16O5/c1-21-15-7-3-13(4-8-15)6-10-18(20)23-16-9-5-14(12-19)11-17(16)22-2/h3-12H,1-2H3. The summed E-state index contributed by atoms with van der Waals surface area (Å²) in [6, 6.07) is 11.8. The third-order valence-corrected chi connectivity index (χ3v) is 3.06. The van der Waals surface area contributed by atoms with Crippen LogP contribution in [0.1, 0.15) is 15.9 Å². The van der Waals surface area contributed by atoms with E-state index in [1.54, 1.807) is 31.4 Å². The molecule has 2 aromatic carbocycles. The minimum Gasteiger partial charge on any atom is -0.497 e. The van der Waals surface area contributed by atoms with Crippen molar-refractivity contribution in [1.82, 2.24) is 0 Å². The van der Waals surface area contributed by atoms with E-state index in [0.29, 0.717) is 17.6 Å². The molecule has 0 N–H and O–H groups in total. The highest BCUT2D eigenvalue weighted by Crippen LogP contribution is 2.27. The average molecular weight is 312 g/mol. The number of ether oxygens (including phenoxy) is 3. The summed E-state index contributed by atoms with van der Waals surface area (Å²) in [6.07, 6.45) is 3.64. The molecule has 2 rings (SSSR count). The van der Waals surface area contributed by atoms with E-state index in [2.05, 4.69) is 0 Å². The Bertz CT molecular complexity index is 717. The van der Waals surface area contributed by atoms with Crippen molar-refractivity contribution >= 4 is 18.3 Å². The van der Waals surface area contributed by atoms with Crippen LogP contribution in [0.3, 0.4) is 0 Å². The Morgan fingerprint density at radius 1 is 0.913 bits per heavy atom. The quantitative estimate of drug-likeness (QED) is 0.355. The van der Waals surface area contributed by atoms with Gasteiger partial charge in [0.25, 0.3) is 0 Å². The summed E-state index contributed by atoms with van der Waals surface area (Å²) in [6.45, 7) is 0. The molecule has 0 aliphatic carbocycles. The maximum Gasteiger partial charge on any atom is 0.336 e. The van der Waals surface area contributed by atoms with Crippen LogP contribution in [0.4, 0.5) is 0 Å². The smallest absolute Gasteiger partial charge is 0.336 e. The first-order valence-corrected chi connectivity index (χ1v) is 6.83. The Labute approximate surface area is 134 Å². The molecule has 0 spiro atoms. The molecule has 2 aromatic rings. The lowest BCUT2D eigenvalue weighted by molar-refractivity contribution is -0.129. The number of esters is 1. The van der Waals surface area contributed by atoms with Gasteiger partial charge in [-0.1, -0.05) is 12.1 Å². The van der Waals surface area contributed by atoms with Crippen molar-refractivity contribution in [3.63, 3.8) is 0 Å². The fourth-order valence-corrected chi connectivity index (χ4v) is 1.86. The van der Waals surface area contributed by atoms with Crippen molar-refractivity contribution in [3.05, 3.63) is 59.7 Å². The molecule has 0 unspecified atom stereocenters. The van der Waals surface area contributed by atoms with E-state index in [9.17, 15) is 9.59 Å². The lowest BCUT2D eigenvalue weighted by Gasteiger charge is -2.08. The molecule has 0 saturated carbocycles. The monoisotopic (exact) mass is 312 g/mol. The summed E-state index contributed by atoms with van der Waals surface area (Å²) < 4.78 is 15.4. The minimum atomic E-state index is -0.544. The summed E-state index contributed by atoms with van der Waals surface area (Å²) in [5.74, 6) is 0.769. The summed E-state index contributed by atoms with van der Waals surface area (Å²) in [4.78, 5) is 22.6. The zero-order chi connectivity index (χ0) is 16.7. The molecule has 23 heavy (non-hydrogen) atoms. The predicted molar refractivity (Wildman–Crippen MR) is 86.0 cm³/mol. The molecule has 0 atom stereocenters. The summed E-state index contributed by atoms with van der Waals surface area (Å²) >= 11 is 0. The fourth-order valence-electron chi connectivity index (χ4n) is 1.86. The fraction of sp³-hybridized carbons (Fsp3) is 0.111. The molecule has 0 fully saturated rings. The van der Waals surface area contributed by atoms with Crippen molar-refractivity contribution in [3.8, 4) is 17.2 Å². The highest BCUT2D eigenvalue weighted by Gasteiger charge is 2.08. The predicted octanol–water partition coefficient (Wildman–Crippen LogP) is 3.14. The molecule has 0 aliphatic rings. The summed E-state index contributed by atoms with van der Waals surface area (Å²) in [5, 5.41) is 0. The number of rotatable bonds is 6. The van der Waals surface area contributed by atoms with E-state index in [1.165, 1.54) is 25.3 Å². The largest absolute Gasteiger partial charge is 0.497 e. The van der Waals surface area contributed by atoms with Crippen LogP contribution in [-0.4, -0.2) is 26.5 Å². The molecule has 0 aliphatic heterocycles. The third kappa shape index (κ3) is 4.44. The molecule has 0 aromatic heterocycles. The molecular weight excluding hydrogens is 296 g/mol. The Morgan fingerprint density at radius 3 is 2.22 bits per heavy atom. The first kappa shape index (κ1) is 16.3. The first-order chi connectivity index (χ1) is 11.2. The van der Waals surface area contributed by atoms with Gasteiger partial charge in [0.05, 0.1) is 14.2 Å². The SMILES string of the molecule is COc1ccc(C=CC(=O)Oc2ccc(C=O)cc2OC)cc1. The Kier molecular flexibility index (Phi) is 5.52. The van der Waals surface area contributed by atoms with Gasteiger partial charge in [0.1, 0.15) is 12.0 Å². The molecule has 5 heteroatoms. The lowest BCUT2D eigenvalue weighted by Crippen LogP contribution is -2.05. The van der Waals surface area contributed by atoms with Gasteiger partial charge in [-0.2, -0.15) is 0 Å². The molecule has 0 heterocycles. The van der Waals surface area contributed by atoms with Crippen LogP contribution in [0.15, 0.2) is 48.5 Å². The van der Waals surface area contributed by atoms with Crippen LogP contribution in [-0.2, 0) is 4.79 Å². The Balaban J connectivity index is 2.06.